The second-order valence-corrected chi connectivity index (χ2v) is 9.54. The number of nitrogens with zero attached hydrogens (tertiary/aromatic N) is 2. The molecule has 2 amide bonds. The number of carbonyl (C=O) groups excluding carboxylic acids is 2. The third-order valence-electron chi connectivity index (χ3n) is 4.79. The topological polar surface area (TPSA) is 96.0 Å². The van der Waals surface area contributed by atoms with Crippen LogP contribution in [0, 0.1) is 11.8 Å². The number of ether oxygens (including phenoxy) is 1. The zero-order valence-corrected chi connectivity index (χ0v) is 17.9. The van der Waals surface area contributed by atoms with Gasteiger partial charge in [-0.15, -0.1) is 0 Å². The first-order chi connectivity index (χ1) is 13.1. The van der Waals surface area contributed by atoms with Gasteiger partial charge >= 0.3 is 0 Å². The fraction of sp³-hybridized carbons (Fsp3) is 0.579. The van der Waals surface area contributed by atoms with Crippen LogP contribution in [0.25, 0.3) is 0 Å². The van der Waals surface area contributed by atoms with E-state index in [1.807, 2.05) is 13.8 Å². The van der Waals surface area contributed by atoms with Gasteiger partial charge in [-0.2, -0.15) is 0 Å². The Morgan fingerprint density at radius 2 is 1.96 bits per heavy atom. The molecule has 1 atom stereocenters. The molecule has 9 heteroatoms. The molecule has 1 aromatic carbocycles. The quantitative estimate of drug-likeness (QED) is 0.770. The van der Waals surface area contributed by atoms with E-state index in [2.05, 4.69) is 5.32 Å². The monoisotopic (exact) mass is 411 g/mol. The number of nitrogens with one attached hydrogen (secondary N) is 1. The molecule has 28 heavy (non-hydrogen) atoms. The molecule has 1 aliphatic rings. The second kappa shape index (κ2) is 8.91. The van der Waals surface area contributed by atoms with Crippen LogP contribution < -0.4 is 10.1 Å². The van der Waals surface area contributed by atoms with E-state index in [4.69, 9.17) is 4.74 Å². The van der Waals surface area contributed by atoms with Gasteiger partial charge in [-0.05, 0) is 31.0 Å². The minimum absolute atomic E-state index is 0.0157. The summed E-state index contributed by atoms with van der Waals surface area (Å²) in [5.74, 6) is -0.409. The predicted octanol–water partition coefficient (Wildman–Crippen LogP) is 1.78. The first-order valence-electron chi connectivity index (χ1n) is 9.28. The van der Waals surface area contributed by atoms with E-state index in [0.29, 0.717) is 25.2 Å². The number of hydrogen-bond donors (Lipinski definition) is 1. The van der Waals surface area contributed by atoms with Crippen molar-refractivity contribution in [1.29, 1.82) is 0 Å². The molecule has 0 aromatic heterocycles. The zero-order valence-electron chi connectivity index (χ0n) is 17.1. The van der Waals surface area contributed by atoms with E-state index in [-0.39, 0.29) is 34.3 Å². The number of piperidine rings is 1. The molecule has 156 valence electrons. The molecule has 0 radical (unpaired) electrons. The summed E-state index contributed by atoms with van der Waals surface area (Å²) >= 11 is 0. The van der Waals surface area contributed by atoms with Crippen molar-refractivity contribution in [2.45, 2.75) is 31.6 Å². The normalized spacial score (nSPS) is 17.7. The van der Waals surface area contributed by atoms with Gasteiger partial charge in [0.1, 0.15) is 10.6 Å². The third kappa shape index (κ3) is 4.82. The van der Waals surface area contributed by atoms with Crippen molar-refractivity contribution < 1.29 is 22.7 Å². The highest BCUT2D eigenvalue weighted by molar-refractivity contribution is 7.89. The number of benzene rings is 1. The minimum atomic E-state index is -3.73. The number of carbonyl (C=O) groups is 2. The highest BCUT2D eigenvalue weighted by Crippen LogP contribution is 2.29. The maximum absolute atomic E-state index is 12.7. The van der Waals surface area contributed by atoms with Crippen LogP contribution in [0.4, 0.5) is 5.69 Å². The lowest BCUT2D eigenvalue weighted by atomic mass is 9.96. The van der Waals surface area contributed by atoms with Crippen LogP contribution in [0.2, 0.25) is 0 Å². The van der Waals surface area contributed by atoms with E-state index >= 15 is 0 Å². The van der Waals surface area contributed by atoms with Gasteiger partial charge in [-0.3, -0.25) is 9.59 Å². The van der Waals surface area contributed by atoms with Crippen LogP contribution in [0.15, 0.2) is 23.1 Å². The molecule has 0 saturated carbocycles. The Hall–Kier alpha value is -2.13. The minimum Gasteiger partial charge on any atom is -0.495 e. The highest BCUT2D eigenvalue weighted by atomic mass is 32.2. The first-order valence-corrected chi connectivity index (χ1v) is 10.7. The van der Waals surface area contributed by atoms with Gasteiger partial charge < -0.3 is 15.0 Å². The van der Waals surface area contributed by atoms with Gasteiger partial charge in [0.05, 0.1) is 13.0 Å². The van der Waals surface area contributed by atoms with Crippen molar-refractivity contribution in [2.75, 3.05) is 39.6 Å². The maximum atomic E-state index is 12.7. The molecule has 0 bridgehead atoms. The van der Waals surface area contributed by atoms with E-state index in [1.165, 1.54) is 33.3 Å². The number of sulfonamides is 1. The van der Waals surface area contributed by atoms with Crippen molar-refractivity contribution in [1.82, 2.24) is 9.21 Å². The zero-order chi connectivity index (χ0) is 21.1. The number of likely N-dealkylation sites (tertiary alicyclic amines) is 1. The average molecular weight is 412 g/mol. The Morgan fingerprint density at radius 1 is 1.29 bits per heavy atom. The van der Waals surface area contributed by atoms with E-state index in [0.717, 1.165) is 10.7 Å². The summed E-state index contributed by atoms with van der Waals surface area (Å²) in [5.41, 5.74) is 0.374. The number of hydrogen-bond acceptors (Lipinski definition) is 5. The van der Waals surface area contributed by atoms with Crippen LogP contribution in [0.1, 0.15) is 26.7 Å². The van der Waals surface area contributed by atoms with Gasteiger partial charge in [0.15, 0.2) is 0 Å². The number of amides is 2. The van der Waals surface area contributed by atoms with Gasteiger partial charge in [0.25, 0.3) is 0 Å². The van der Waals surface area contributed by atoms with Gasteiger partial charge in [0, 0.05) is 38.8 Å². The molecule has 1 aromatic rings. The molecule has 1 N–H and O–H groups in total. The molecule has 1 saturated heterocycles. The Morgan fingerprint density at radius 3 is 2.54 bits per heavy atom. The Bertz CT molecular complexity index is 836. The number of rotatable bonds is 6. The van der Waals surface area contributed by atoms with Gasteiger partial charge in [0.2, 0.25) is 21.8 Å². The molecule has 0 spiro atoms. The van der Waals surface area contributed by atoms with Crippen molar-refractivity contribution in [3.05, 3.63) is 18.2 Å². The Balaban J connectivity index is 2.19. The maximum Gasteiger partial charge on any atom is 0.246 e. The van der Waals surface area contributed by atoms with E-state index < -0.39 is 10.0 Å². The summed E-state index contributed by atoms with van der Waals surface area (Å²) in [5, 5.41) is 2.79. The molecule has 1 heterocycles. The largest absolute Gasteiger partial charge is 0.495 e. The molecule has 1 aliphatic heterocycles. The van der Waals surface area contributed by atoms with Crippen LogP contribution >= 0.6 is 0 Å². The Labute approximate surface area is 166 Å². The van der Waals surface area contributed by atoms with Crippen molar-refractivity contribution in [3.8, 4) is 5.75 Å². The molecule has 0 aliphatic carbocycles. The highest BCUT2D eigenvalue weighted by Gasteiger charge is 2.30. The van der Waals surface area contributed by atoms with Crippen molar-refractivity contribution in [3.63, 3.8) is 0 Å². The SMILES string of the molecule is COc1ccc(NC(=O)[C@H]2CCCN(C(=O)C(C)C)C2)cc1S(=O)(=O)N(C)C. The summed E-state index contributed by atoms with van der Waals surface area (Å²) in [4.78, 5) is 26.7. The average Bonchev–Trinajstić information content (AvgIpc) is 2.67. The lowest BCUT2D eigenvalue weighted by Gasteiger charge is -2.33. The fourth-order valence-electron chi connectivity index (χ4n) is 3.15. The van der Waals surface area contributed by atoms with Crippen LogP contribution in [0.5, 0.6) is 5.75 Å². The van der Waals surface area contributed by atoms with E-state index in [1.54, 1.807) is 11.0 Å². The summed E-state index contributed by atoms with van der Waals surface area (Å²) in [6, 6.07) is 4.51. The van der Waals surface area contributed by atoms with Crippen LogP contribution in [-0.4, -0.2) is 63.7 Å². The summed E-state index contributed by atoms with van der Waals surface area (Å²) in [6.45, 7) is 4.72. The standard InChI is InChI=1S/C19H29N3O5S/c1-13(2)19(24)22-10-6-7-14(12-22)18(23)20-15-8-9-16(27-5)17(11-15)28(25,26)21(3)4/h8-9,11,13-14H,6-7,10,12H2,1-5H3,(H,20,23)/t14-/m0/s1. The number of anilines is 1. The fourth-order valence-corrected chi connectivity index (χ4v) is 4.23. The summed E-state index contributed by atoms with van der Waals surface area (Å²) < 4.78 is 31.3. The van der Waals surface area contributed by atoms with Crippen LogP contribution in [0.3, 0.4) is 0 Å². The third-order valence-corrected chi connectivity index (χ3v) is 6.62. The van der Waals surface area contributed by atoms with Gasteiger partial charge in [-0.1, -0.05) is 13.8 Å². The molecule has 1 fully saturated rings. The summed E-state index contributed by atoms with van der Waals surface area (Å²) in [6.07, 6.45) is 1.45. The smallest absolute Gasteiger partial charge is 0.246 e. The number of methoxy groups -OCH3 is 1. The molecule has 8 nitrogen and oxygen atoms in total. The Kier molecular flexibility index (Phi) is 7.06. The molecular formula is C19H29N3O5S. The van der Waals surface area contributed by atoms with Crippen molar-refractivity contribution in [2.24, 2.45) is 11.8 Å². The van der Waals surface area contributed by atoms with Gasteiger partial charge in [-0.25, -0.2) is 12.7 Å². The van der Waals surface area contributed by atoms with Crippen LogP contribution in [-0.2, 0) is 19.6 Å². The summed E-state index contributed by atoms with van der Waals surface area (Å²) in [7, 11) is 0.531. The molecule has 0 unspecified atom stereocenters. The predicted molar refractivity (Wildman–Crippen MR) is 107 cm³/mol. The van der Waals surface area contributed by atoms with Crippen molar-refractivity contribution >= 4 is 27.5 Å². The van der Waals surface area contributed by atoms with E-state index in [9.17, 15) is 18.0 Å². The lowest BCUT2D eigenvalue weighted by molar-refractivity contribution is -0.137. The second-order valence-electron chi connectivity index (χ2n) is 7.42. The molecular weight excluding hydrogens is 382 g/mol. The lowest BCUT2D eigenvalue weighted by Crippen LogP contribution is -2.45. The molecule has 2 rings (SSSR count). The first kappa shape index (κ1) is 22.2.